The van der Waals surface area contributed by atoms with E-state index in [1.54, 1.807) is 0 Å². The van der Waals surface area contributed by atoms with Gasteiger partial charge in [-0.1, -0.05) is 0 Å². The molecule has 0 aliphatic heterocycles. The molecule has 0 saturated carbocycles. The highest BCUT2D eigenvalue weighted by molar-refractivity contribution is 4.96. The van der Waals surface area contributed by atoms with Crippen molar-refractivity contribution in [3.63, 3.8) is 0 Å². The molecule has 0 aliphatic rings. The summed E-state index contributed by atoms with van der Waals surface area (Å²) >= 11 is 0. The molecule has 1 aromatic rings. The number of nitrogens with zero attached hydrogens (tertiary/aromatic N) is 2. The van der Waals surface area contributed by atoms with Crippen LogP contribution in [0, 0.1) is 0 Å². The molecule has 78 valence electrons. The van der Waals surface area contributed by atoms with Crippen LogP contribution in [-0.2, 0) is 0 Å². The minimum atomic E-state index is -4.89. The van der Waals surface area contributed by atoms with Crippen molar-refractivity contribution in [2.75, 3.05) is 0 Å². The van der Waals surface area contributed by atoms with Gasteiger partial charge in [0, 0.05) is 12.4 Å². The van der Waals surface area contributed by atoms with E-state index in [0.717, 1.165) is 0 Å². The van der Waals surface area contributed by atoms with Crippen molar-refractivity contribution in [1.29, 1.82) is 0 Å². The molecule has 0 radical (unpaired) electrons. The molecule has 0 saturated heterocycles. The summed E-state index contributed by atoms with van der Waals surface area (Å²) in [5, 5.41) is 17.7. The second-order valence-electron chi connectivity index (χ2n) is 2.54. The van der Waals surface area contributed by atoms with Crippen LogP contribution in [0.5, 0.6) is 0 Å². The van der Waals surface area contributed by atoms with Crippen molar-refractivity contribution in [2.24, 2.45) is 0 Å². The zero-order valence-corrected chi connectivity index (χ0v) is 6.81. The van der Waals surface area contributed by atoms with Crippen LogP contribution in [0.3, 0.4) is 0 Å². The van der Waals surface area contributed by atoms with Gasteiger partial charge in [0.25, 0.3) is 0 Å². The van der Waals surface area contributed by atoms with Crippen molar-refractivity contribution in [3.8, 4) is 0 Å². The lowest BCUT2D eigenvalue weighted by atomic mass is 10.2. The number of halogens is 3. The Morgan fingerprint density at radius 2 is 1.64 bits per heavy atom. The van der Waals surface area contributed by atoms with Crippen molar-refractivity contribution in [2.45, 2.75) is 18.4 Å². The number of aliphatic hydroxyl groups excluding tert-OH is 2. The molecule has 0 fully saturated rings. The van der Waals surface area contributed by atoms with E-state index < -0.39 is 24.2 Å². The first-order valence-corrected chi connectivity index (χ1v) is 3.62. The maximum absolute atomic E-state index is 11.9. The minimum Gasteiger partial charge on any atom is -0.382 e. The average molecular weight is 208 g/mol. The topological polar surface area (TPSA) is 66.2 Å². The Morgan fingerprint density at radius 3 is 2.07 bits per heavy atom. The van der Waals surface area contributed by atoms with Gasteiger partial charge >= 0.3 is 6.18 Å². The largest absolute Gasteiger partial charge is 0.417 e. The summed E-state index contributed by atoms with van der Waals surface area (Å²) in [6.45, 7) is 0. The SMILES string of the molecule is O[C@H]([C@@H](O)c1ncccn1)C(F)(F)F. The molecule has 1 aromatic heterocycles. The Kier molecular flexibility index (Phi) is 3.02. The molecule has 0 amide bonds. The third-order valence-corrected chi connectivity index (χ3v) is 1.48. The van der Waals surface area contributed by atoms with E-state index >= 15 is 0 Å². The van der Waals surface area contributed by atoms with E-state index in [2.05, 4.69) is 9.97 Å². The maximum Gasteiger partial charge on any atom is 0.417 e. The quantitative estimate of drug-likeness (QED) is 0.739. The fraction of sp³-hybridized carbons (Fsp3) is 0.429. The molecule has 2 N–H and O–H groups in total. The van der Waals surface area contributed by atoms with Gasteiger partial charge in [0.1, 0.15) is 6.10 Å². The zero-order valence-electron chi connectivity index (χ0n) is 6.81. The first kappa shape index (κ1) is 10.9. The lowest BCUT2D eigenvalue weighted by molar-refractivity contribution is -0.232. The predicted molar refractivity (Wildman–Crippen MR) is 39.1 cm³/mol. The van der Waals surface area contributed by atoms with Crippen LogP contribution in [0.1, 0.15) is 11.9 Å². The fourth-order valence-corrected chi connectivity index (χ4v) is 0.784. The second-order valence-corrected chi connectivity index (χ2v) is 2.54. The molecule has 0 unspecified atom stereocenters. The van der Waals surface area contributed by atoms with Crippen molar-refractivity contribution < 1.29 is 23.4 Å². The van der Waals surface area contributed by atoms with Gasteiger partial charge in [0.15, 0.2) is 11.9 Å². The van der Waals surface area contributed by atoms with Crippen molar-refractivity contribution in [3.05, 3.63) is 24.3 Å². The smallest absolute Gasteiger partial charge is 0.382 e. The van der Waals surface area contributed by atoms with Crippen molar-refractivity contribution >= 4 is 0 Å². The fourth-order valence-electron chi connectivity index (χ4n) is 0.784. The van der Waals surface area contributed by atoms with Gasteiger partial charge in [-0.05, 0) is 6.07 Å². The first-order valence-electron chi connectivity index (χ1n) is 3.62. The lowest BCUT2D eigenvalue weighted by Gasteiger charge is -2.18. The molecule has 7 heteroatoms. The summed E-state index contributed by atoms with van der Waals surface area (Å²) in [5.74, 6) is -0.461. The predicted octanol–water partition coefficient (Wildman–Crippen LogP) is 0.433. The molecule has 1 heterocycles. The molecule has 1 rings (SSSR count). The van der Waals surface area contributed by atoms with E-state index in [1.165, 1.54) is 18.5 Å². The molecule has 4 nitrogen and oxygen atoms in total. The van der Waals surface area contributed by atoms with E-state index in [4.69, 9.17) is 10.2 Å². The molecule has 0 aromatic carbocycles. The van der Waals surface area contributed by atoms with Crippen LogP contribution in [0.4, 0.5) is 13.2 Å². The number of hydrogen-bond acceptors (Lipinski definition) is 4. The van der Waals surface area contributed by atoms with Gasteiger partial charge in [-0.15, -0.1) is 0 Å². The molecule has 0 aliphatic carbocycles. The lowest BCUT2D eigenvalue weighted by Crippen LogP contribution is -2.35. The average Bonchev–Trinajstić information content (AvgIpc) is 2.15. The van der Waals surface area contributed by atoms with Gasteiger partial charge in [-0.3, -0.25) is 0 Å². The van der Waals surface area contributed by atoms with Crippen LogP contribution >= 0.6 is 0 Å². The molecular formula is C7H7F3N2O2. The van der Waals surface area contributed by atoms with Gasteiger partial charge in [-0.2, -0.15) is 13.2 Å². The Hall–Kier alpha value is -1.21. The van der Waals surface area contributed by atoms with Gasteiger partial charge < -0.3 is 10.2 Å². The van der Waals surface area contributed by atoms with Crippen LogP contribution in [-0.4, -0.2) is 32.5 Å². The molecule has 0 spiro atoms. The van der Waals surface area contributed by atoms with Gasteiger partial charge in [0.05, 0.1) is 0 Å². The normalized spacial score (nSPS) is 16.4. The summed E-state index contributed by atoms with van der Waals surface area (Å²) in [4.78, 5) is 6.78. The molecule has 2 atom stereocenters. The number of alkyl halides is 3. The molecular weight excluding hydrogens is 201 g/mol. The Bertz CT molecular complexity index is 291. The highest BCUT2D eigenvalue weighted by Gasteiger charge is 2.44. The molecule has 0 bridgehead atoms. The van der Waals surface area contributed by atoms with Crippen LogP contribution in [0.25, 0.3) is 0 Å². The van der Waals surface area contributed by atoms with Gasteiger partial charge in [-0.25, -0.2) is 9.97 Å². The van der Waals surface area contributed by atoms with E-state index in [0.29, 0.717) is 0 Å². The Balaban J connectivity index is 2.81. The highest BCUT2D eigenvalue weighted by atomic mass is 19.4. The van der Waals surface area contributed by atoms with E-state index in [1.807, 2.05) is 0 Å². The number of aliphatic hydroxyl groups is 2. The zero-order chi connectivity index (χ0) is 10.8. The highest BCUT2D eigenvalue weighted by Crippen LogP contribution is 2.28. The van der Waals surface area contributed by atoms with Crippen LogP contribution in [0.15, 0.2) is 18.5 Å². The maximum atomic E-state index is 11.9. The summed E-state index contributed by atoms with van der Waals surface area (Å²) in [6.07, 6.45) is -7.57. The standard InChI is InChI=1S/C7H7F3N2O2/c8-7(9,10)5(14)4(13)6-11-2-1-3-12-6/h1-5,13-14H/t4-,5-/m1/s1. The first-order chi connectivity index (χ1) is 6.43. The van der Waals surface area contributed by atoms with Crippen LogP contribution in [0.2, 0.25) is 0 Å². The van der Waals surface area contributed by atoms with E-state index in [-0.39, 0.29) is 0 Å². The van der Waals surface area contributed by atoms with Crippen LogP contribution < -0.4 is 0 Å². The number of aromatic nitrogens is 2. The minimum absolute atomic E-state index is 0.461. The summed E-state index contributed by atoms with van der Waals surface area (Å²) in [7, 11) is 0. The summed E-state index contributed by atoms with van der Waals surface area (Å²) in [6, 6.07) is 1.39. The monoisotopic (exact) mass is 208 g/mol. The Morgan fingerprint density at radius 1 is 1.14 bits per heavy atom. The summed E-state index contributed by atoms with van der Waals surface area (Å²) in [5.41, 5.74) is 0. The molecule has 14 heavy (non-hydrogen) atoms. The number of hydrogen-bond donors (Lipinski definition) is 2. The van der Waals surface area contributed by atoms with E-state index in [9.17, 15) is 13.2 Å². The van der Waals surface area contributed by atoms with Gasteiger partial charge in [0.2, 0.25) is 0 Å². The summed E-state index contributed by atoms with van der Waals surface area (Å²) < 4.78 is 35.8. The third kappa shape index (κ3) is 2.39. The second kappa shape index (κ2) is 3.89. The Labute approximate surface area is 77.1 Å². The third-order valence-electron chi connectivity index (χ3n) is 1.48. The van der Waals surface area contributed by atoms with Crippen molar-refractivity contribution in [1.82, 2.24) is 9.97 Å². The number of rotatable bonds is 2.